The predicted octanol–water partition coefficient (Wildman–Crippen LogP) is 3.26. The summed E-state index contributed by atoms with van der Waals surface area (Å²) in [6.45, 7) is 1.30. The van der Waals surface area contributed by atoms with Gasteiger partial charge in [0.25, 0.3) is 0 Å². The molecule has 2 aromatic rings. The fourth-order valence-electron chi connectivity index (χ4n) is 2.59. The molecule has 1 aliphatic heterocycles. The van der Waals surface area contributed by atoms with Gasteiger partial charge in [0, 0.05) is 5.02 Å². The van der Waals surface area contributed by atoms with Gasteiger partial charge in [-0.05, 0) is 40.8 Å². The topological polar surface area (TPSA) is 47.3 Å². The molecular weight excluding hydrogens is 291 g/mol. The van der Waals surface area contributed by atoms with Crippen LogP contribution in [0.2, 0.25) is 5.02 Å². The van der Waals surface area contributed by atoms with Crippen molar-refractivity contribution in [1.29, 1.82) is 0 Å². The Hall–Kier alpha value is -1.46. The van der Waals surface area contributed by atoms with E-state index in [9.17, 15) is 4.39 Å². The SMILES string of the molecule is NNC(Cc1ccc(F)cc1Cl)c1ccc2c(c1)COC2. The zero-order chi connectivity index (χ0) is 14.8. The largest absolute Gasteiger partial charge is 0.372 e. The van der Waals surface area contributed by atoms with E-state index in [1.54, 1.807) is 6.07 Å². The minimum atomic E-state index is -0.337. The molecule has 21 heavy (non-hydrogen) atoms. The van der Waals surface area contributed by atoms with Crippen molar-refractivity contribution in [3.05, 3.63) is 69.5 Å². The lowest BCUT2D eigenvalue weighted by atomic mass is 9.96. The maximum absolute atomic E-state index is 13.1. The molecule has 1 heterocycles. The van der Waals surface area contributed by atoms with Gasteiger partial charge in [0.2, 0.25) is 0 Å². The van der Waals surface area contributed by atoms with E-state index in [4.69, 9.17) is 22.2 Å². The smallest absolute Gasteiger partial charge is 0.124 e. The predicted molar refractivity (Wildman–Crippen MR) is 80.1 cm³/mol. The highest BCUT2D eigenvalue weighted by molar-refractivity contribution is 6.31. The minimum absolute atomic E-state index is 0.0844. The summed E-state index contributed by atoms with van der Waals surface area (Å²) in [5.41, 5.74) is 7.15. The Kier molecular flexibility index (Phi) is 4.22. The van der Waals surface area contributed by atoms with Gasteiger partial charge in [-0.1, -0.05) is 35.9 Å². The summed E-state index contributed by atoms with van der Waals surface area (Å²) in [6, 6.07) is 10.5. The summed E-state index contributed by atoms with van der Waals surface area (Å²) >= 11 is 6.08. The van der Waals surface area contributed by atoms with Crippen LogP contribution in [0.1, 0.15) is 28.3 Å². The van der Waals surface area contributed by atoms with Gasteiger partial charge in [-0.2, -0.15) is 0 Å². The highest BCUT2D eigenvalue weighted by atomic mass is 35.5. The molecule has 3 rings (SSSR count). The lowest BCUT2D eigenvalue weighted by molar-refractivity contribution is 0.134. The second kappa shape index (κ2) is 6.12. The van der Waals surface area contributed by atoms with Gasteiger partial charge in [-0.3, -0.25) is 11.3 Å². The highest BCUT2D eigenvalue weighted by Gasteiger charge is 2.17. The number of fused-ring (bicyclic) bond motifs is 1. The van der Waals surface area contributed by atoms with Gasteiger partial charge in [0.15, 0.2) is 0 Å². The van der Waals surface area contributed by atoms with Crippen molar-refractivity contribution in [2.24, 2.45) is 5.84 Å². The third-order valence-corrected chi connectivity index (χ3v) is 4.14. The van der Waals surface area contributed by atoms with Crippen LogP contribution in [0.4, 0.5) is 4.39 Å². The lowest BCUT2D eigenvalue weighted by Crippen LogP contribution is -2.29. The number of ether oxygens (including phenoxy) is 1. The normalized spacial score (nSPS) is 15.0. The molecule has 1 atom stereocenters. The van der Waals surface area contributed by atoms with E-state index < -0.39 is 0 Å². The molecule has 0 bridgehead atoms. The Balaban J connectivity index is 1.85. The van der Waals surface area contributed by atoms with Crippen molar-refractivity contribution in [2.45, 2.75) is 25.7 Å². The van der Waals surface area contributed by atoms with Crippen LogP contribution in [0.3, 0.4) is 0 Å². The highest BCUT2D eigenvalue weighted by Crippen LogP contribution is 2.27. The summed E-state index contributed by atoms with van der Waals surface area (Å²) < 4.78 is 18.5. The summed E-state index contributed by atoms with van der Waals surface area (Å²) in [5, 5.41) is 0.416. The summed E-state index contributed by atoms with van der Waals surface area (Å²) in [4.78, 5) is 0. The van der Waals surface area contributed by atoms with Crippen LogP contribution >= 0.6 is 11.6 Å². The van der Waals surface area contributed by atoms with Crippen molar-refractivity contribution in [3.63, 3.8) is 0 Å². The number of hydrazine groups is 1. The van der Waals surface area contributed by atoms with Crippen LogP contribution in [-0.4, -0.2) is 0 Å². The molecule has 3 nitrogen and oxygen atoms in total. The molecule has 0 radical (unpaired) electrons. The monoisotopic (exact) mass is 306 g/mol. The average Bonchev–Trinajstić information content (AvgIpc) is 2.94. The van der Waals surface area contributed by atoms with E-state index >= 15 is 0 Å². The molecule has 0 aliphatic carbocycles. The van der Waals surface area contributed by atoms with Crippen LogP contribution in [0.25, 0.3) is 0 Å². The quantitative estimate of drug-likeness (QED) is 0.673. The van der Waals surface area contributed by atoms with E-state index in [-0.39, 0.29) is 11.9 Å². The zero-order valence-electron chi connectivity index (χ0n) is 11.4. The molecule has 1 aliphatic rings. The Morgan fingerprint density at radius 3 is 2.76 bits per heavy atom. The van der Waals surface area contributed by atoms with E-state index in [1.165, 1.54) is 23.3 Å². The first-order chi connectivity index (χ1) is 10.2. The van der Waals surface area contributed by atoms with Crippen LogP contribution in [0.15, 0.2) is 36.4 Å². The maximum atomic E-state index is 13.1. The molecule has 0 saturated heterocycles. The Bertz CT molecular complexity index is 663. The summed E-state index contributed by atoms with van der Waals surface area (Å²) in [7, 11) is 0. The number of halogens is 2. The Morgan fingerprint density at radius 2 is 2.00 bits per heavy atom. The van der Waals surface area contributed by atoms with Gasteiger partial charge in [-0.25, -0.2) is 4.39 Å². The molecule has 1 unspecified atom stereocenters. The van der Waals surface area contributed by atoms with Crippen molar-refractivity contribution < 1.29 is 9.13 Å². The van der Waals surface area contributed by atoms with Gasteiger partial charge in [0.1, 0.15) is 5.82 Å². The maximum Gasteiger partial charge on any atom is 0.124 e. The molecule has 5 heteroatoms. The third kappa shape index (κ3) is 3.09. The van der Waals surface area contributed by atoms with Gasteiger partial charge in [-0.15, -0.1) is 0 Å². The molecule has 0 amide bonds. The van der Waals surface area contributed by atoms with E-state index in [0.29, 0.717) is 24.7 Å². The minimum Gasteiger partial charge on any atom is -0.372 e. The van der Waals surface area contributed by atoms with Crippen molar-refractivity contribution in [1.82, 2.24) is 5.43 Å². The second-order valence-electron chi connectivity index (χ2n) is 5.18. The molecule has 0 spiro atoms. The fraction of sp³-hybridized carbons (Fsp3) is 0.250. The molecule has 3 N–H and O–H groups in total. The third-order valence-electron chi connectivity index (χ3n) is 3.79. The standard InChI is InChI=1S/C16H16ClFN2O/c17-15-7-14(18)4-3-10(15)6-16(20-19)11-1-2-12-8-21-9-13(12)5-11/h1-5,7,16,20H,6,8-9,19H2. The Labute approximate surface area is 127 Å². The van der Waals surface area contributed by atoms with Gasteiger partial charge >= 0.3 is 0 Å². The van der Waals surface area contributed by atoms with E-state index in [0.717, 1.165) is 11.1 Å². The van der Waals surface area contributed by atoms with Gasteiger partial charge in [0.05, 0.1) is 19.3 Å². The Morgan fingerprint density at radius 1 is 1.19 bits per heavy atom. The van der Waals surface area contributed by atoms with Crippen molar-refractivity contribution >= 4 is 11.6 Å². The molecule has 0 saturated carbocycles. The average molecular weight is 307 g/mol. The van der Waals surface area contributed by atoms with Crippen LogP contribution in [0, 0.1) is 5.82 Å². The van der Waals surface area contributed by atoms with Crippen LogP contribution in [-0.2, 0) is 24.4 Å². The van der Waals surface area contributed by atoms with Crippen molar-refractivity contribution in [3.8, 4) is 0 Å². The molecule has 110 valence electrons. The zero-order valence-corrected chi connectivity index (χ0v) is 12.2. The second-order valence-corrected chi connectivity index (χ2v) is 5.59. The summed E-state index contributed by atoms with van der Waals surface area (Å²) in [6.07, 6.45) is 0.593. The summed E-state index contributed by atoms with van der Waals surface area (Å²) in [5.74, 6) is 5.34. The number of benzene rings is 2. The van der Waals surface area contributed by atoms with Crippen LogP contribution in [0.5, 0.6) is 0 Å². The number of nitrogens with one attached hydrogen (secondary N) is 1. The first-order valence-corrected chi connectivity index (χ1v) is 7.14. The molecule has 0 aromatic heterocycles. The van der Waals surface area contributed by atoms with Crippen molar-refractivity contribution in [2.75, 3.05) is 0 Å². The lowest BCUT2D eigenvalue weighted by Gasteiger charge is -2.18. The van der Waals surface area contributed by atoms with Crippen LogP contribution < -0.4 is 11.3 Å². The van der Waals surface area contributed by atoms with E-state index in [2.05, 4.69) is 17.6 Å². The molecule has 0 fully saturated rings. The van der Waals surface area contributed by atoms with E-state index in [1.807, 2.05) is 6.07 Å². The molecular formula is C16H16ClFN2O. The number of hydrogen-bond donors (Lipinski definition) is 2. The number of hydrogen-bond acceptors (Lipinski definition) is 3. The molecule has 2 aromatic carbocycles. The van der Waals surface area contributed by atoms with Gasteiger partial charge < -0.3 is 4.74 Å². The first-order valence-electron chi connectivity index (χ1n) is 6.77. The number of nitrogens with two attached hydrogens (primary N) is 1. The first kappa shape index (κ1) is 14.5. The number of rotatable bonds is 4. The fourth-order valence-corrected chi connectivity index (χ4v) is 2.83.